The van der Waals surface area contributed by atoms with Crippen LogP contribution in [0.15, 0.2) is 16.9 Å². The molecule has 0 aliphatic rings. The van der Waals surface area contributed by atoms with Crippen LogP contribution in [-0.4, -0.2) is 28.8 Å². The van der Waals surface area contributed by atoms with Gasteiger partial charge in [0.15, 0.2) is 0 Å². The summed E-state index contributed by atoms with van der Waals surface area (Å²) >= 11 is 0. The number of hydrogen-bond acceptors (Lipinski definition) is 4. The average molecular weight is 227 g/mol. The quantitative estimate of drug-likeness (QED) is 0.666. The number of carbonyl (C=O) groups excluding carboxylic acids is 1. The van der Waals surface area contributed by atoms with Crippen molar-refractivity contribution in [1.82, 2.24) is 15.8 Å². The highest BCUT2D eigenvalue weighted by Crippen LogP contribution is 1.93. The number of hydrogen-bond donors (Lipinski definition) is 3. The minimum atomic E-state index is -0.947. The molecule has 1 atom stereocenters. The molecule has 7 heteroatoms. The first kappa shape index (κ1) is 12.0. The van der Waals surface area contributed by atoms with Crippen molar-refractivity contribution in [1.29, 1.82) is 0 Å². The van der Waals surface area contributed by atoms with Crippen molar-refractivity contribution in [2.75, 3.05) is 6.54 Å². The molecule has 0 saturated heterocycles. The van der Waals surface area contributed by atoms with E-state index in [1.807, 2.05) is 0 Å². The smallest absolute Gasteiger partial charge is 0.315 e. The van der Waals surface area contributed by atoms with Crippen LogP contribution in [0, 0.1) is 5.92 Å². The molecular weight excluding hydrogens is 214 g/mol. The third kappa shape index (κ3) is 3.99. The number of urea groups is 1. The number of aliphatic carboxylic acids is 1. The summed E-state index contributed by atoms with van der Waals surface area (Å²) in [5.74, 6) is -1.56. The molecule has 0 radical (unpaired) electrons. The van der Waals surface area contributed by atoms with Crippen LogP contribution in [0.4, 0.5) is 4.79 Å². The highest BCUT2D eigenvalue weighted by atomic mass is 16.5. The van der Waals surface area contributed by atoms with Crippen LogP contribution in [0.3, 0.4) is 0 Å². The maximum Gasteiger partial charge on any atom is 0.315 e. The summed E-state index contributed by atoms with van der Waals surface area (Å²) in [6.45, 7) is 1.84. The van der Waals surface area contributed by atoms with Gasteiger partial charge in [-0.3, -0.25) is 4.79 Å². The van der Waals surface area contributed by atoms with Crippen LogP contribution in [0.1, 0.15) is 12.6 Å². The van der Waals surface area contributed by atoms with Crippen LogP contribution in [0.25, 0.3) is 0 Å². The molecule has 1 heterocycles. The fraction of sp³-hybridized carbons (Fsp3) is 0.444. The van der Waals surface area contributed by atoms with Gasteiger partial charge >= 0.3 is 12.0 Å². The maximum atomic E-state index is 11.2. The second-order valence-electron chi connectivity index (χ2n) is 3.29. The summed E-state index contributed by atoms with van der Waals surface area (Å²) in [5.41, 5.74) is 0.599. The zero-order valence-corrected chi connectivity index (χ0v) is 8.77. The van der Waals surface area contributed by atoms with Crippen molar-refractivity contribution in [3.8, 4) is 0 Å². The first-order valence-corrected chi connectivity index (χ1v) is 4.73. The topological polar surface area (TPSA) is 104 Å². The van der Waals surface area contributed by atoms with Crippen LogP contribution < -0.4 is 10.6 Å². The molecule has 16 heavy (non-hydrogen) atoms. The van der Waals surface area contributed by atoms with Gasteiger partial charge in [0, 0.05) is 12.6 Å². The summed E-state index contributed by atoms with van der Waals surface area (Å²) in [6, 6.07) is 1.19. The molecule has 0 saturated carbocycles. The van der Waals surface area contributed by atoms with Crippen molar-refractivity contribution in [3.05, 3.63) is 18.0 Å². The molecule has 0 fully saturated rings. The van der Waals surface area contributed by atoms with Crippen LogP contribution in [0.5, 0.6) is 0 Å². The van der Waals surface area contributed by atoms with E-state index in [9.17, 15) is 9.59 Å². The average Bonchev–Trinajstić information content (AvgIpc) is 2.75. The summed E-state index contributed by atoms with van der Waals surface area (Å²) in [4.78, 5) is 21.7. The van der Waals surface area contributed by atoms with E-state index in [1.165, 1.54) is 13.2 Å². The lowest BCUT2D eigenvalue weighted by atomic mass is 10.2. The molecule has 1 unspecified atom stereocenters. The Labute approximate surface area is 91.8 Å². The summed E-state index contributed by atoms with van der Waals surface area (Å²) < 4.78 is 4.58. The minimum absolute atomic E-state index is 0.0833. The molecule has 0 bridgehead atoms. The Morgan fingerprint density at radius 2 is 2.31 bits per heavy atom. The number of nitrogens with one attached hydrogen (secondary N) is 2. The molecule has 3 N–H and O–H groups in total. The molecule has 7 nitrogen and oxygen atoms in total. The SMILES string of the molecule is CC(CNC(=O)NCc1ccon1)C(=O)O. The highest BCUT2D eigenvalue weighted by Gasteiger charge is 2.11. The number of rotatable bonds is 5. The molecule has 0 aliphatic carbocycles. The van der Waals surface area contributed by atoms with E-state index in [4.69, 9.17) is 5.11 Å². The Kier molecular flexibility index (Phi) is 4.31. The summed E-state index contributed by atoms with van der Waals surface area (Å²) in [6.07, 6.45) is 1.40. The van der Waals surface area contributed by atoms with Crippen LogP contribution in [0.2, 0.25) is 0 Å². The van der Waals surface area contributed by atoms with Crippen molar-refractivity contribution < 1.29 is 19.2 Å². The number of nitrogens with zero attached hydrogens (tertiary/aromatic N) is 1. The van der Waals surface area contributed by atoms with Gasteiger partial charge in [0.1, 0.15) is 12.0 Å². The van der Waals surface area contributed by atoms with E-state index in [0.29, 0.717) is 5.69 Å². The van der Waals surface area contributed by atoms with Gasteiger partial charge in [-0.15, -0.1) is 0 Å². The maximum absolute atomic E-state index is 11.2. The number of amides is 2. The number of carboxylic acid groups (broad SMARTS) is 1. The minimum Gasteiger partial charge on any atom is -0.481 e. The van der Waals surface area contributed by atoms with Crippen LogP contribution >= 0.6 is 0 Å². The van der Waals surface area contributed by atoms with E-state index >= 15 is 0 Å². The predicted octanol–water partition coefficient (Wildman–Crippen LogP) is 0.194. The van der Waals surface area contributed by atoms with E-state index in [2.05, 4.69) is 20.3 Å². The Morgan fingerprint density at radius 1 is 1.56 bits per heavy atom. The van der Waals surface area contributed by atoms with Crippen molar-refractivity contribution >= 4 is 12.0 Å². The molecule has 1 aromatic rings. The van der Waals surface area contributed by atoms with Gasteiger partial charge in [0.05, 0.1) is 12.5 Å². The van der Waals surface area contributed by atoms with Crippen molar-refractivity contribution in [3.63, 3.8) is 0 Å². The Balaban J connectivity index is 2.19. The number of aromatic nitrogens is 1. The number of carbonyl (C=O) groups is 2. The van der Waals surface area contributed by atoms with Gasteiger partial charge in [-0.25, -0.2) is 4.79 Å². The van der Waals surface area contributed by atoms with Crippen molar-refractivity contribution in [2.24, 2.45) is 5.92 Å². The van der Waals surface area contributed by atoms with Gasteiger partial charge in [0.25, 0.3) is 0 Å². The normalized spacial score (nSPS) is 11.8. The standard InChI is InChI=1S/C9H13N3O4/c1-6(8(13)14)4-10-9(15)11-5-7-2-3-16-12-7/h2-3,6H,4-5H2,1H3,(H,13,14)(H2,10,11,15). The van der Waals surface area contributed by atoms with E-state index in [-0.39, 0.29) is 13.1 Å². The third-order valence-corrected chi connectivity index (χ3v) is 1.91. The zero-order valence-electron chi connectivity index (χ0n) is 8.77. The molecular formula is C9H13N3O4. The van der Waals surface area contributed by atoms with E-state index in [1.54, 1.807) is 6.07 Å². The predicted molar refractivity (Wildman–Crippen MR) is 53.5 cm³/mol. The monoisotopic (exact) mass is 227 g/mol. The third-order valence-electron chi connectivity index (χ3n) is 1.91. The lowest BCUT2D eigenvalue weighted by Gasteiger charge is -2.08. The second-order valence-corrected chi connectivity index (χ2v) is 3.29. The van der Waals surface area contributed by atoms with Crippen molar-refractivity contribution in [2.45, 2.75) is 13.5 Å². The molecule has 1 rings (SSSR count). The largest absolute Gasteiger partial charge is 0.481 e. The van der Waals surface area contributed by atoms with Crippen LogP contribution in [-0.2, 0) is 11.3 Å². The fourth-order valence-electron chi connectivity index (χ4n) is 0.895. The lowest BCUT2D eigenvalue weighted by Crippen LogP contribution is -2.38. The molecule has 2 amide bonds. The van der Waals surface area contributed by atoms with Gasteiger partial charge in [-0.1, -0.05) is 12.1 Å². The molecule has 0 spiro atoms. The van der Waals surface area contributed by atoms with E-state index in [0.717, 1.165) is 0 Å². The lowest BCUT2D eigenvalue weighted by molar-refractivity contribution is -0.140. The first-order valence-electron chi connectivity index (χ1n) is 4.73. The summed E-state index contributed by atoms with van der Waals surface area (Å²) in [7, 11) is 0. The van der Waals surface area contributed by atoms with Gasteiger partial charge in [-0.05, 0) is 0 Å². The Bertz CT molecular complexity index is 350. The fourth-order valence-corrected chi connectivity index (χ4v) is 0.895. The van der Waals surface area contributed by atoms with Gasteiger partial charge < -0.3 is 20.3 Å². The summed E-state index contributed by atoms with van der Waals surface area (Å²) in [5, 5.41) is 17.1. The molecule has 1 aromatic heterocycles. The Morgan fingerprint density at radius 3 is 2.88 bits per heavy atom. The molecule has 88 valence electrons. The number of carboxylic acids is 1. The Hall–Kier alpha value is -2.05. The van der Waals surface area contributed by atoms with Gasteiger partial charge in [-0.2, -0.15) is 0 Å². The van der Waals surface area contributed by atoms with Gasteiger partial charge in [0.2, 0.25) is 0 Å². The molecule has 0 aromatic carbocycles. The van der Waals surface area contributed by atoms with E-state index < -0.39 is 17.9 Å². The molecule has 0 aliphatic heterocycles. The zero-order chi connectivity index (χ0) is 12.0. The highest BCUT2D eigenvalue weighted by molar-refractivity contribution is 5.75. The second kappa shape index (κ2) is 5.74. The first-order chi connectivity index (χ1) is 7.59.